The van der Waals surface area contributed by atoms with Crippen molar-refractivity contribution in [3.63, 3.8) is 0 Å². The van der Waals surface area contributed by atoms with E-state index in [4.69, 9.17) is 11.5 Å². The van der Waals surface area contributed by atoms with Gasteiger partial charge in [0.2, 0.25) is 11.8 Å². The van der Waals surface area contributed by atoms with Crippen LogP contribution in [-0.2, 0) is 9.59 Å². The van der Waals surface area contributed by atoms with Crippen molar-refractivity contribution in [3.8, 4) is 0 Å². The van der Waals surface area contributed by atoms with Crippen LogP contribution in [0.25, 0.3) is 0 Å². The first-order chi connectivity index (χ1) is 8.57. The minimum atomic E-state index is -0.209. The van der Waals surface area contributed by atoms with Crippen LogP contribution in [0.5, 0.6) is 0 Å². The van der Waals surface area contributed by atoms with Crippen LogP contribution >= 0.6 is 0 Å². The van der Waals surface area contributed by atoms with Crippen molar-refractivity contribution in [1.29, 1.82) is 0 Å². The maximum absolute atomic E-state index is 11.1. The summed E-state index contributed by atoms with van der Waals surface area (Å²) in [5, 5.41) is 0. The van der Waals surface area contributed by atoms with Crippen LogP contribution in [-0.4, -0.2) is 11.8 Å². The second kappa shape index (κ2) is 11.1. The van der Waals surface area contributed by atoms with E-state index in [0.29, 0.717) is 6.42 Å². The van der Waals surface area contributed by atoms with Gasteiger partial charge in [-0.2, -0.15) is 0 Å². The summed E-state index contributed by atoms with van der Waals surface area (Å²) in [6, 6.07) is 0. The van der Waals surface area contributed by atoms with E-state index >= 15 is 0 Å². The van der Waals surface area contributed by atoms with Crippen molar-refractivity contribution in [2.24, 2.45) is 17.4 Å². The first-order valence-electron chi connectivity index (χ1n) is 7.15. The van der Waals surface area contributed by atoms with Crippen LogP contribution in [0.2, 0.25) is 0 Å². The van der Waals surface area contributed by atoms with Crippen molar-refractivity contribution in [1.82, 2.24) is 0 Å². The average molecular weight is 256 g/mol. The molecule has 0 rings (SSSR count). The van der Waals surface area contributed by atoms with Crippen LogP contribution in [0.3, 0.4) is 0 Å². The number of hydrogen-bond acceptors (Lipinski definition) is 2. The van der Waals surface area contributed by atoms with E-state index in [1.54, 1.807) is 0 Å². The fourth-order valence-electron chi connectivity index (χ4n) is 2.17. The SMILES string of the molecule is CCCC(CCCCCCCCC(N)=O)C(N)=O. The predicted octanol–water partition coefficient (Wildman–Crippen LogP) is 2.49. The van der Waals surface area contributed by atoms with E-state index in [1.807, 2.05) is 0 Å². The minimum Gasteiger partial charge on any atom is -0.370 e. The Hall–Kier alpha value is -1.06. The maximum Gasteiger partial charge on any atom is 0.220 e. The molecule has 0 aromatic heterocycles. The Morgan fingerprint density at radius 2 is 1.44 bits per heavy atom. The number of hydrogen-bond donors (Lipinski definition) is 2. The molecule has 106 valence electrons. The summed E-state index contributed by atoms with van der Waals surface area (Å²) < 4.78 is 0. The summed E-state index contributed by atoms with van der Waals surface area (Å²) in [6.45, 7) is 2.08. The fraction of sp³-hybridized carbons (Fsp3) is 0.857. The topological polar surface area (TPSA) is 86.2 Å². The van der Waals surface area contributed by atoms with Gasteiger partial charge in [0, 0.05) is 12.3 Å². The number of nitrogens with two attached hydrogens (primary N) is 2. The van der Waals surface area contributed by atoms with Crippen molar-refractivity contribution >= 4 is 11.8 Å². The highest BCUT2D eigenvalue weighted by Gasteiger charge is 2.12. The van der Waals surface area contributed by atoms with Crippen LogP contribution in [0.1, 0.15) is 71.1 Å². The van der Waals surface area contributed by atoms with Gasteiger partial charge >= 0.3 is 0 Å². The molecule has 2 amide bonds. The van der Waals surface area contributed by atoms with E-state index in [-0.39, 0.29) is 17.7 Å². The molecular weight excluding hydrogens is 228 g/mol. The average Bonchev–Trinajstić information content (AvgIpc) is 2.30. The lowest BCUT2D eigenvalue weighted by atomic mass is 9.95. The molecule has 0 saturated carbocycles. The van der Waals surface area contributed by atoms with Crippen molar-refractivity contribution in [3.05, 3.63) is 0 Å². The van der Waals surface area contributed by atoms with Gasteiger partial charge in [-0.3, -0.25) is 9.59 Å². The number of carbonyl (C=O) groups excluding carboxylic acids is 2. The highest BCUT2D eigenvalue weighted by atomic mass is 16.1. The lowest BCUT2D eigenvalue weighted by molar-refractivity contribution is -0.122. The van der Waals surface area contributed by atoms with Gasteiger partial charge in [0.15, 0.2) is 0 Å². The van der Waals surface area contributed by atoms with Crippen molar-refractivity contribution in [2.45, 2.75) is 71.1 Å². The Balaban J connectivity index is 3.38. The molecule has 0 aliphatic rings. The number of carbonyl (C=O) groups is 2. The largest absolute Gasteiger partial charge is 0.370 e. The zero-order chi connectivity index (χ0) is 13.8. The Morgan fingerprint density at radius 3 is 1.94 bits per heavy atom. The Bertz CT molecular complexity index is 242. The van der Waals surface area contributed by atoms with Crippen molar-refractivity contribution in [2.75, 3.05) is 0 Å². The summed E-state index contributed by atoms with van der Waals surface area (Å²) in [7, 11) is 0. The molecule has 1 atom stereocenters. The molecule has 0 spiro atoms. The van der Waals surface area contributed by atoms with Gasteiger partial charge in [0.1, 0.15) is 0 Å². The first-order valence-corrected chi connectivity index (χ1v) is 7.15. The summed E-state index contributed by atoms with van der Waals surface area (Å²) in [5.74, 6) is -0.304. The standard InChI is InChI=1S/C14H28N2O2/c1-2-9-12(14(16)18)10-7-5-3-4-6-8-11-13(15)17/h12H,2-11H2,1H3,(H2,15,17)(H2,16,18). The third-order valence-electron chi connectivity index (χ3n) is 3.27. The number of unbranched alkanes of at least 4 members (excludes halogenated alkanes) is 5. The van der Waals surface area contributed by atoms with E-state index in [1.165, 1.54) is 0 Å². The van der Waals surface area contributed by atoms with E-state index in [0.717, 1.165) is 57.8 Å². The summed E-state index contributed by atoms with van der Waals surface area (Å²) >= 11 is 0. The van der Waals surface area contributed by atoms with Crippen molar-refractivity contribution < 1.29 is 9.59 Å². The zero-order valence-electron chi connectivity index (χ0n) is 11.6. The Morgan fingerprint density at radius 1 is 0.889 bits per heavy atom. The van der Waals surface area contributed by atoms with E-state index in [2.05, 4.69) is 6.92 Å². The molecule has 4 N–H and O–H groups in total. The summed E-state index contributed by atoms with van der Waals surface area (Å²) in [4.78, 5) is 21.7. The summed E-state index contributed by atoms with van der Waals surface area (Å²) in [5.41, 5.74) is 10.4. The van der Waals surface area contributed by atoms with Gasteiger partial charge in [0.25, 0.3) is 0 Å². The molecule has 0 fully saturated rings. The molecule has 4 heteroatoms. The minimum absolute atomic E-state index is 0.0601. The zero-order valence-corrected chi connectivity index (χ0v) is 11.6. The number of primary amides is 2. The normalized spacial score (nSPS) is 12.3. The maximum atomic E-state index is 11.1. The van der Waals surface area contributed by atoms with Gasteiger partial charge in [-0.05, 0) is 19.3 Å². The van der Waals surface area contributed by atoms with Gasteiger partial charge in [-0.1, -0.05) is 45.4 Å². The quantitative estimate of drug-likeness (QED) is 0.526. The molecule has 18 heavy (non-hydrogen) atoms. The molecule has 0 aliphatic carbocycles. The second-order valence-electron chi connectivity index (χ2n) is 5.01. The molecule has 0 aliphatic heterocycles. The molecule has 1 unspecified atom stereocenters. The molecule has 0 aromatic carbocycles. The van der Waals surface area contributed by atoms with Gasteiger partial charge in [0.05, 0.1) is 0 Å². The van der Waals surface area contributed by atoms with Crippen LogP contribution < -0.4 is 11.5 Å². The van der Waals surface area contributed by atoms with E-state index in [9.17, 15) is 9.59 Å². The summed E-state index contributed by atoms with van der Waals surface area (Å²) in [6.07, 6.45) is 9.83. The fourth-order valence-corrected chi connectivity index (χ4v) is 2.17. The van der Waals surface area contributed by atoms with Gasteiger partial charge < -0.3 is 11.5 Å². The smallest absolute Gasteiger partial charge is 0.220 e. The molecule has 4 nitrogen and oxygen atoms in total. The highest BCUT2D eigenvalue weighted by molar-refractivity contribution is 5.76. The van der Waals surface area contributed by atoms with E-state index < -0.39 is 0 Å². The van der Waals surface area contributed by atoms with Crippen LogP contribution in [0.15, 0.2) is 0 Å². The molecule has 0 heterocycles. The van der Waals surface area contributed by atoms with Crippen LogP contribution in [0, 0.1) is 5.92 Å². The molecule has 0 bridgehead atoms. The van der Waals surface area contributed by atoms with Gasteiger partial charge in [-0.25, -0.2) is 0 Å². The van der Waals surface area contributed by atoms with Gasteiger partial charge in [-0.15, -0.1) is 0 Å². The predicted molar refractivity (Wildman–Crippen MR) is 73.7 cm³/mol. The third-order valence-corrected chi connectivity index (χ3v) is 3.27. The lowest BCUT2D eigenvalue weighted by Crippen LogP contribution is -2.23. The second-order valence-corrected chi connectivity index (χ2v) is 5.01. The molecular formula is C14H28N2O2. The molecule has 0 radical (unpaired) electrons. The Kier molecular flexibility index (Phi) is 10.4. The molecule has 0 aromatic rings. The Labute approximate surface area is 110 Å². The number of amides is 2. The monoisotopic (exact) mass is 256 g/mol. The number of rotatable bonds is 12. The lowest BCUT2D eigenvalue weighted by Gasteiger charge is -2.11. The highest BCUT2D eigenvalue weighted by Crippen LogP contribution is 2.16. The third kappa shape index (κ3) is 10.1. The first kappa shape index (κ1) is 16.9. The van der Waals surface area contributed by atoms with Crippen LogP contribution in [0.4, 0.5) is 0 Å². The molecule has 0 saturated heterocycles.